The van der Waals surface area contributed by atoms with Crippen molar-refractivity contribution in [2.45, 2.75) is 13.0 Å². The maximum absolute atomic E-state index is 12.6. The highest BCUT2D eigenvalue weighted by Gasteiger charge is 2.59. The third-order valence-corrected chi connectivity index (χ3v) is 5.34. The van der Waals surface area contributed by atoms with Crippen LogP contribution < -0.4 is 0 Å². The smallest absolute Gasteiger partial charge is 0.247 e. The molecule has 6 heteroatoms. The number of fused-ring (bicyclic) bond motifs is 5. The molecule has 6 nitrogen and oxygen atoms in total. The molecular weight excluding hydrogens is 306 g/mol. The van der Waals surface area contributed by atoms with Gasteiger partial charge in [-0.3, -0.25) is 14.5 Å². The zero-order valence-electron chi connectivity index (χ0n) is 12.8. The third kappa shape index (κ3) is 1.82. The van der Waals surface area contributed by atoms with E-state index in [1.54, 1.807) is 0 Å². The number of benzene rings is 1. The van der Waals surface area contributed by atoms with Gasteiger partial charge in [-0.1, -0.05) is 30.4 Å². The van der Waals surface area contributed by atoms with E-state index in [1.165, 1.54) is 4.90 Å². The molecule has 2 amide bonds. The largest absolute Gasteiger partial charge is 0.419 e. The number of amides is 2. The molecule has 2 aromatic rings. The van der Waals surface area contributed by atoms with Crippen molar-refractivity contribution in [1.29, 1.82) is 0 Å². The van der Waals surface area contributed by atoms with Crippen molar-refractivity contribution in [3.8, 4) is 11.5 Å². The van der Waals surface area contributed by atoms with Crippen molar-refractivity contribution in [3.63, 3.8) is 0 Å². The molecule has 1 aromatic carbocycles. The third-order valence-electron chi connectivity index (χ3n) is 5.34. The molecule has 1 saturated heterocycles. The second kappa shape index (κ2) is 4.87. The van der Waals surface area contributed by atoms with Crippen molar-refractivity contribution in [2.75, 3.05) is 0 Å². The normalized spacial score (nSPS) is 30.4. The highest BCUT2D eigenvalue weighted by Crippen LogP contribution is 2.52. The second-order valence-electron chi connectivity index (χ2n) is 6.63. The lowest BCUT2D eigenvalue weighted by atomic mass is 9.85. The SMILES string of the molecule is O=C1[C@@H]2[C@H](C(=O)N1Cc1nnc(-c3ccccc3)o1)[C@H]1C=C[C@H]2C1. The van der Waals surface area contributed by atoms with Crippen LogP contribution >= 0.6 is 0 Å². The Balaban J connectivity index is 1.39. The molecule has 2 heterocycles. The van der Waals surface area contributed by atoms with Gasteiger partial charge in [0.25, 0.3) is 0 Å². The average molecular weight is 321 g/mol. The van der Waals surface area contributed by atoms with Gasteiger partial charge in [0.05, 0.1) is 11.8 Å². The lowest BCUT2D eigenvalue weighted by molar-refractivity contribution is -0.141. The van der Waals surface area contributed by atoms with Gasteiger partial charge in [-0.05, 0) is 30.4 Å². The maximum atomic E-state index is 12.6. The van der Waals surface area contributed by atoms with Crippen molar-refractivity contribution in [3.05, 3.63) is 48.4 Å². The summed E-state index contributed by atoms with van der Waals surface area (Å²) in [6.45, 7) is 0.0595. The summed E-state index contributed by atoms with van der Waals surface area (Å²) in [4.78, 5) is 26.6. The van der Waals surface area contributed by atoms with Crippen LogP contribution in [0.15, 0.2) is 46.9 Å². The number of allylic oxidation sites excluding steroid dienone is 2. The van der Waals surface area contributed by atoms with E-state index in [-0.39, 0.29) is 47.9 Å². The molecule has 1 saturated carbocycles. The Kier molecular flexibility index (Phi) is 2.77. The zero-order chi connectivity index (χ0) is 16.3. The Labute approximate surface area is 138 Å². The van der Waals surface area contributed by atoms with Crippen molar-refractivity contribution in [1.82, 2.24) is 15.1 Å². The van der Waals surface area contributed by atoms with E-state index in [4.69, 9.17) is 4.42 Å². The second-order valence-corrected chi connectivity index (χ2v) is 6.63. The summed E-state index contributed by atoms with van der Waals surface area (Å²) >= 11 is 0. The molecule has 5 rings (SSSR count). The average Bonchev–Trinajstić information content (AvgIpc) is 3.37. The van der Waals surface area contributed by atoms with E-state index in [0.717, 1.165) is 12.0 Å². The predicted octanol–water partition coefficient (Wildman–Crippen LogP) is 2.04. The van der Waals surface area contributed by atoms with Crippen LogP contribution in [0.4, 0.5) is 0 Å². The molecule has 0 N–H and O–H groups in total. The van der Waals surface area contributed by atoms with E-state index in [0.29, 0.717) is 5.89 Å². The first-order valence-corrected chi connectivity index (χ1v) is 8.14. The highest BCUT2D eigenvalue weighted by atomic mass is 16.4. The summed E-state index contributed by atoms with van der Waals surface area (Å²) in [5.41, 5.74) is 0.814. The number of hydrogen-bond acceptors (Lipinski definition) is 5. The fourth-order valence-corrected chi connectivity index (χ4v) is 4.27. The maximum Gasteiger partial charge on any atom is 0.247 e. The number of rotatable bonds is 3. The molecule has 0 spiro atoms. The monoisotopic (exact) mass is 321 g/mol. The molecule has 3 aliphatic rings. The van der Waals surface area contributed by atoms with Gasteiger partial charge >= 0.3 is 0 Å². The lowest BCUT2D eigenvalue weighted by Gasteiger charge is -2.14. The minimum Gasteiger partial charge on any atom is -0.419 e. The number of carbonyl (C=O) groups is 2. The van der Waals surface area contributed by atoms with Gasteiger partial charge in [0.2, 0.25) is 23.6 Å². The van der Waals surface area contributed by atoms with Crippen molar-refractivity contribution in [2.24, 2.45) is 23.7 Å². The van der Waals surface area contributed by atoms with Crippen LogP contribution in [-0.2, 0) is 16.1 Å². The standard InChI is InChI=1S/C18H15N3O3/c22-17-14-11-6-7-12(8-11)15(14)18(23)21(17)9-13-19-20-16(24-13)10-4-2-1-3-5-10/h1-7,11-12,14-15H,8-9H2/t11-,12-,14-,15+/m0/s1. The van der Waals surface area contributed by atoms with Crippen LogP contribution in [-0.4, -0.2) is 26.9 Å². The fourth-order valence-electron chi connectivity index (χ4n) is 4.27. The molecule has 4 atom stereocenters. The van der Waals surface area contributed by atoms with Crippen LogP contribution in [0, 0.1) is 23.7 Å². The summed E-state index contributed by atoms with van der Waals surface area (Å²) in [5.74, 6) is 0.533. The number of carbonyl (C=O) groups excluding carboxylic acids is 2. The minimum absolute atomic E-state index is 0.0595. The Morgan fingerprint density at radius 2 is 1.67 bits per heavy atom. The lowest BCUT2D eigenvalue weighted by Crippen LogP contribution is -2.32. The first-order chi connectivity index (χ1) is 11.7. The number of likely N-dealkylation sites (tertiary alicyclic amines) is 1. The molecule has 0 radical (unpaired) electrons. The minimum atomic E-state index is -0.191. The van der Waals surface area contributed by atoms with Gasteiger partial charge in [-0.15, -0.1) is 10.2 Å². The van der Waals surface area contributed by atoms with Gasteiger partial charge in [-0.25, -0.2) is 0 Å². The van der Waals surface area contributed by atoms with Gasteiger partial charge in [0.1, 0.15) is 6.54 Å². The Bertz CT molecular complexity index is 827. The van der Waals surface area contributed by atoms with Crippen LogP contribution in [0.2, 0.25) is 0 Å². The molecule has 2 aliphatic carbocycles. The summed E-state index contributed by atoms with van der Waals surface area (Å²) in [5, 5.41) is 8.01. The van der Waals surface area contributed by atoms with Crippen molar-refractivity contribution >= 4 is 11.8 Å². The number of nitrogens with zero attached hydrogens (tertiary/aromatic N) is 3. The first-order valence-electron chi connectivity index (χ1n) is 8.14. The van der Waals surface area contributed by atoms with E-state index in [1.807, 2.05) is 30.3 Å². The number of aromatic nitrogens is 2. The summed E-state index contributed by atoms with van der Waals surface area (Å²) in [7, 11) is 0. The van der Waals surface area contributed by atoms with E-state index in [2.05, 4.69) is 22.3 Å². The summed E-state index contributed by atoms with van der Waals surface area (Å²) < 4.78 is 5.64. The number of imide groups is 1. The molecular formula is C18H15N3O3. The predicted molar refractivity (Wildman–Crippen MR) is 83.0 cm³/mol. The van der Waals surface area contributed by atoms with E-state index < -0.39 is 0 Å². The van der Waals surface area contributed by atoms with Gasteiger partial charge in [0.15, 0.2) is 0 Å². The van der Waals surface area contributed by atoms with Gasteiger partial charge in [0, 0.05) is 5.56 Å². The van der Waals surface area contributed by atoms with Crippen LogP contribution in [0.3, 0.4) is 0 Å². The molecule has 2 bridgehead atoms. The van der Waals surface area contributed by atoms with Gasteiger partial charge < -0.3 is 4.42 Å². The van der Waals surface area contributed by atoms with E-state index in [9.17, 15) is 9.59 Å². The Morgan fingerprint density at radius 3 is 2.33 bits per heavy atom. The topological polar surface area (TPSA) is 76.3 Å². The molecule has 24 heavy (non-hydrogen) atoms. The van der Waals surface area contributed by atoms with Crippen LogP contribution in [0.5, 0.6) is 0 Å². The summed E-state index contributed by atoms with van der Waals surface area (Å²) in [6, 6.07) is 9.42. The number of hydrogen-bond donors (Lipinski definition) is 0. The zero-order valence-corrected chi connectivity index (χ0v) is 12.8. The Hall–Kier alpha value is -2.76. The summed E-state index contributed by atoms with van der Waals surface area (Å²) in [6.07, 6.45) is 5.10. The van der Waals surface area contributed by atoms with E-state index >= 15 is 0 Å². The van der Waals surface area contributed by atoms with Crippen LogP contribution in [0.1, 0.15) is 12.3 Å². The van der Waals surface area contributed by atoms with Crippen molar-refractivity contribution < 1.29 is 14.0 Å². The molecule has 1 aromatic heterocycles. The fraction of sp³-hybridized carbons (Fsp3) is 0.333. The van der Waals surface area contributed by atoms with Gasteiger partial charge in [-0.2, -0.15) is 0 Å². The molecule has 2 fully saturated rings. The first kappa shape index (κ1) is 13.7. The molecule has 0 unspecified atom stereocenters. The highest BCUT2D eigenvalue weighted by molar-refractivity contribution is 6.06. The molecule has 120 valence electrons. The van der Waals surface area contributed by atoms with Crippen LogP contribution in [0.25, 0.3) is 11.5 Å². The quantitative estimate of drug-likeness (QED) is 0.639. The Morgan fingerprint density at radius 1 is 1.00 bits per heavy atom. The molecule has 1 aliphatic heterocycles.